The van der Waals surface area contributed by atoms with Gasteiger partial charge in [0.25, 0.3) is 0 Å². The Morgan fingerprint density at radius 1 is 1.27 bits per heavy atom. The molecule has 0 aliphatic carbocycles. The number of thioether (sulfide) groups is 1. The average molecular weight is 393 g/mol. The second-order valence-electron chi connectivity index (χ2n) is 5.28. The van der Waals surface area contributed by atoms with Crippen LogP contribution < -0.4 is 10.6 Å². The third kappa shape index (κ3) is 4.38. The van der Waals surface area contributed by atoms with Crippen molar-refractivity contribution in [2.45, 2.75) is 11.3 Å². The molecule has 3 rings (SSSR count). The molecule has 0 spiro atoms. The lowest BCUT2D eigenvalue weighted by Gasteiger charge is -2.05. The maximum absolute atomic E-state index is 13.7. The molecule has 10 heteroatoms. The molecule has 3 aromatic rings. The number of fused-ring (bicyclic) bond motifs is 1. The monoisotopic (exact) mass is 393 g/mol. The molecule has 0 bridgehead atoms. The first-order valence-corrected chi connectivity index (χ1v) is 9.78. The SMILES string of the molecule is CSc1cnc(NCCCNc2nc3cc(F)c(C(=O)O)cc3s2)nc1. The standard InChI is InChI=1S/C16H16FN5O2S2/c1-25-9-7-20-15(21-8-9)18-3-2-4-19-16-22-12-6-11(17)10(14(23)24)5-13(12)26-16/h5-8H,2-4H2,1H3,(H,19,22)(H,23,24)(H,18,20,21). The van der Waals surface area contributed by atoms with Crippen LogP contribution in [0, 0.1) is 5.82 Å². The maximum atomic E-state index is 13.7. The smallest absolute Gasteiger partial charge is 0.338 e. The number of carbonyl (C=O) groups is 1. The summed E-state index contributed by atoms with van der Waals surface area (Å²) in [6.07, 6.45) is 6.31. The van der Waals surface area contributed by atoms with Crippen molar-refractivity contribution >= 4 is 50.4 Å². The molecular formula is C16H16FN5O2S2. The summed E-state index contributed by atoms with van der Waals surface area (Å²) in [5.74, 6) is -1.48. The number of aromatic nitrogens is 3. The molecule has 0 radical (unpaired) electrons. The van der Waals surface area contributed by atoms with Gasteiger partial charge >= 0.3 is 5.97 Å². The summed E-state index contributed by atoms with van der Waals surface area (Å²) in [5, 5.41) is 15.9. The van der Waals surface area contributed by atoms with E-state index in [4.69, 9.17) is 5.11 Å². The molecule has 0 saturated heterocycles. The van der Waals surface area contributed by atoms with Crippen molar-refractivity contribution in [2.24, 2.45) is 0 Å². The van der Waals surface area contributed by atoms with Crippen molar-refractivity contribution in [3.63, 3.8) is 0 Å². The zero-order valence-electron chi connectivity index (χ0n) is 13.8. The molecule has 2 aromatic heterocycles. The van der Waals surface area contributed by atoms with E-state index in [0.29, 0.717) is 34.4 Å². The molecule has 0 saturated carbocycles. The largest absolute Gasteiger partial charge is 0.478 e. The molecule has 7 nitrogen and oxygen atoms in total. The fourth-order valence-electron chi connectivity index (χ4n) is 2.18. The van der Waals surface area contributed by atoms with Gasteiger partial charge in [-0.2, -0.15) is 0 Å². The van der Waals surface area contributed by atoms with E-state index in [2.05, 4.69) is 25.6 Å². The lowest BCUT2D eigenvalue weighted by Crippen LogP contribution is -2.10. The lowest BCUT2D eigenvalue weighted by atomic mass is 10.2. The van der Waals surface area contributed by atoms with E-state index in [9.17, 15) is 9.18 Å². The van der Waals surface area contributed by atoms with Crippen molar-refractivity contribution < 1.29 is 14.3 Å². The van der Waals surface area contributed by atoms with Crippen LogP contribution in [0.4, 0.5) is 15.5 Å². The van der Waals surface area contributed by atoms with Crippen LogP contribution in [0.5, 0.6) is 0 Å². The Bertz CT molecular complexity index is 917. The Labute approximate surface area is 157 Å². The number of halogens is 1. The number of thiazole rings is 1. The Morgan fingerprint density at radius 2 is 2.00 bits per heavy atom. The molecule has 0 aliphatic rings. The lowest BCUT2D eigenvalue weighted by molar-refractivity contribution is 0.0692. The van der Waals surface area contributed by atoms with Gasteiger partial charge in [-0.15, -0.1) is 11.8 Å². The van der Waals surface area contributed by atoms with E-state index < -0.39 is 11.8 Å². The maximum Gasteiger partial charge on any atom is 0.338 e. The summed E-state index contributed by atoms with van der Waals surface area (Å²) in [6, 6.07) is 2.46. The van der Waals surface area contributed by atoms with Gasteiger partial charge in [-0.05, 0) is 18.7 Å². The van der Waals surface area contributed by atoms with Gasteiger partial charge in [0.2, 0.25) is 5.95 Å². The number of anilines is 2. The minimum Gasteiger partial charge on any atom is -0.478 e. The van der Waals surface area contributed by atoms with Crippen LogP contribution in [0.25, 0.3) is 10.2 Å². The predicted molar refractivity (Wildman–Crippen MR) is 102 cm³/mol. The van der Waals surface area contributed by atoms with E-state index in [0.717, 1.165) is 17.4 Å². The van der Waals surface area contributed by atoms with Crippen LogP contribution in [0.1, 0.15) is 16.8 Å². The minimum atomic E-state index is -1.29. The van der Waals surface area contributed by atoms with Crippen molar-refractivity contribution in [3.8, 4) is 0 Å². The summed E-state index contributed by atoms with van der Waals surface area (Å²) in [6.45, 7) is 1.35. The fourth-order valence-corrected chi connectivity index (χ4v) is 3.41. The molecule has 2 heterocycles. The Balaban J connectivity index is 1.50. The van der Waals surface area contributed by atoms with Gasteiger partial charge in [0.05, 0.1) is 15.8 Å². The van der Waals surface area contributed by atoms with Crippen molar-refractivity contribution in [2.75, 3.05) is 30.0 Å². The third-order valence-electron chi connectivity index (χ3n) is 3.48. The highest BCUT2D eigenvalue weighted by Crippen LogP contribution is 2.28. The van der Waals surface area contributed by atoms with E-state index >= 15 is 0 Å². The van der Waals surface area contributed by atoms with Crippen LogP contribution in [0.3, 0.4) is 0 Å². The number of aromatic carboxylic acids is 1. The van der Waals surface area contributed by atoms with Gasteiger partial charge in [-0.1, -0.05) is 11.3 Å². The molecule has 0 unspecified atom stereocenters. The highest BCUT2D eigenvalue weighted by atomic mass is 32.2. The fraction of sp³-hybridized carbons (Fsp3) is 0.250. The molecular weight excluding hydrogens is 377 g/mol. The van der Waals surface area contributed by atoms with Crippen LogP contribution >= 0.6 is 23.1 Å². The molecule has 0 amide bonds. The highest BCUT2D eigenvalue weighted by molar-refractivity contribution is 7.98. The van der Waals surface area contributed by atoms with Gasteiger partial charge < -0.3 is 15.7 Å². The van der Waals surface area contributed by atoms with Gasteiger partial charge in [-0.3, -0.25) is 0 Å². The molecule has 0 aliphatic heterocycles. The number of hydrogen-bond acceptors (Lipinski definition) is 8. The van der Waals surface area contributed by atoms with E-state index in [1.807, 2.05) is 6.26 Å². The summed E-state index contributed by atoms with van der Waals surface area (Å²) in [5.41, 5.74) is 0.102. The number of carboxylic acid groups (broad SMARTS) is 1. The first kappa shape index (κ1) is 18.3. The molecule has 1 aromatic carbocycles. The number of nitrogens with one attached hydrogen (secondary N) is 2. The van der Waals surface area contributed by atoms with Crippen LogP contribution in [-0.4, -0.2) is 45.4 Å². The average Bonchev–Trinajstić information content (AvgIpc) is 3.02. The van der Waals surface area contributed by atoms with Gasteiger partial charge in [0.15, 0.2) is 5.13 Å². The molecule has 26 heavy (non-hydrogen) atoms. The predicted octanol–water partition coefficient (Wildman–Crippen LogP) is 3.56. The van der Waals surface area contributed by atoms with Crippen LogP contribution in [0.2, 0.25) is 0 Å². The van der Waals surface area contributed by atoms with Crippen LogP contribution in [-0.2, 0) is 0 Å². The topological polar surface area (TPSA) is 100 Å². The van der Waals surface area contributed by atoms with E-state index in [-0.39, 0.29) is 5.56 Å². The first-order chi connectivity index (χ1) is 12.6. The minimum absolute atomic E-state index is 0.343. The van der Waals surface area contributed by atoms with Crippen LogP contribution in [0.15, 0.2) is 29.4 Å². The number of carboxylic acids is 1. The second-order valence-corrected chi connectivity index (χ2v) is 7.19. The second kappa shape index (κ2) is 8.28. The number of nitrogens with zero attached hydrogens (tertiary/aromatic N) is 3. The zero-order chi connectivity index (χ0) is 18.5. The van der Waals surface area contributed by atoms with Gasteiger partial charge in [-0.25, -0.2) is 24.1 Å². The number of rotatable bonds is 8. The zero-order valence-corrected chi connectivity index (χ0v) is 15.5. The van der Waals surface area contributed by atoms with Crippen molar-refractivity contribution in [3.05, 3.63) is 35.9 Å². The quantitative estimate of drug-likeness (QED) is 0.395. The van der Waals surface area contributed by atoms with Crippen molar-refractivity contribution in [1.82, 2.24) is 15.0 Å². The number of benzene rings is 1. The van der Waals surface area contributed by atoms with Gasteiger partial charge in [0.1, 0.15) is 5.82 Å². The summed E-state index contributed by atoms with van der Waals surface area (Å²) < 4.78 is 14.3. The first-order valence-electron chi connectivity index (χ1n) is 7.74. The van der Waals surface area contributed by atoms with Crippen molar-refractivity contribution in [1.29, 1.82) is 0 Å². The van der Waals surface area contributed by atoms with E-state index in [1.165, 1.54) is 17.4 Å². The molecule has 0 atom stereocenters. The summed E-state index contributed by atoms with van der Waals surface area (Å²) in [4.78, 5) is 24.7. The van der Waals surface area contributed by atoms with Gasteiger partial charge in [0, 0.05) is 36.4 Å². The molecule has 3 N–H and O–H groups in total. The number of hydrogen-bond donors (Lipinski definition) is 3. The Kier molecular flexibility index (Phi) is 5.84. The normalized spacial score (nSPS) is 10.8. The summed E-state index contributed by atoms with van der Waals surface area (Å²) in [7, 11) is 0. The van der Waals surface area contributed by atoms with E-state index in [1.54, 1.807) is 24.2 Å². The molecule has 136 valence electrons. The molecule has 0 fully saturated rings. The third-order valence-corrected chi connectivity index (χ3v) is 5.14. The Morgan fingerprint density at radius 3 is 2.69 bits per heavy atom. The Hall–Kier alpha value is -2.46. The highest BCUT2D eigenvalue weighted by Gasteiger charge is 2.14. The summed E-state index contributed by atoms with van der Waals surface area (Å²) >= 11 is 2.88.